The zero-order valence-electron chi connectivity index (χ0n) is 14.3. The van der Waals surface area contributed by atoms with Crippen molar-refractivity contribution in [2.24, 2.45) is 0 Å². The number of hydrogen-bond acceptors (Lipinski definition) is 4. The minimum atomic E-state index is 0.0778. The van der Waals surface area contributed by atoms with Gasteiger partial charge in [-0.3, -0.25) is 9.78 Å². The number of benzene rings is 1. The summed E-state index contributed by atoms with van der Waals surface area (Å²) in [5, 5.41) is 0. The van der Waals surface area contributed by atoms with E-state index < -0.39 is 0 Å². The van der Waals surface area contributed by atoms with Crippen molar-refractivity contribution in [1.82, 2.24) is 9.88 Å². The lowest BCUT2D eigenvalue weighted by Crippen LogP contribution is -2.37. The van der Waals surface area contributed by atoms with Gasteiger partial charge in [0.1, 0.15) is 0 Å². The topological polar surface area (TPSA) is 51.7 Å². The van der Waals surface area contributed by atoms with Gasteiger partial charge in [-0.05, 0) is 49.2 Å². The van der Waals surface area contributed by atoms with E-state index in [1.165, 1.54) is 5.56 Å². The third-order valence-corrected chi connectivity index (χ3v) is 4.32. The number of ether oxygens (including phenoxy) is 2. The molecule has 0 unspecified atom stereocenters. The highest BCUT2D eigenvalue weighted by atomic mass is 16.7. The molecule has 0 aliphatic carbocycles. The van der Waals surface area contributed by atoms with Gasteiger partial charge in [0.05, 0.1) is 6.42 Å². The Morgan fingerprint density at radius 3 is 2.83 bits per heavy atom. The maximum atomic E-state index is 12.5. The van der Waals surface area contributed by atoms with E-state index in [1.807, 2.05) is 51.4 Å². The molecule has 5 nitrogen and oxygen atoms in total. The molecular weight excluding hydrogens is 304 g/mol. The Kier molecular flexibility index (Phi) is 4.69. The van der Waals surface area contributed by atoms with Gasteiger partial charge in [-0.2, -0.15) is 0 Å². The van der Waals surface area contributed by atoms with Gasteiger partial charge < -0.3 is 14.4 Å². The molecule has 0 radical (unpaired) electrons. The van der Waals surface area contributed by atoms with Crippen LogP contribution in [0.2, 0.25) is 0 Å². The van der Waals surface area contributed by atoms with Crippen LogP contribution in [0.4, 0.5) is 0 Å². The Hall–Kier alpha value is -2.56. The van der Waals surface area contributed by atoms with E-state index in [1.54, 1.807) is 4.90 Å². The Bertz CT molecular complexity index is 745. The summed E-state index contributed by atoms with van der Waals surface area (Å²) in [5.41, 5.74) is 3.11. The lowest BCUT2D eigenvalue weighted by atomic mass is 10.1. The van der Waals surface area contributed by atoms with E-state index in [2.05, 4.69) is 11.1 Å². The monoisotopic (exact) mass is 326 g/mol. The number of hydrogen-bond donors (Lipinski definition) is 0. The van der Waals surface area contributed by atoms with Crippen molar-refractivity contribution in [3.8, 4) is 11.5 Å². The molecule has 5 heteroatoms. The molecule has 1 atom stereocenters. The van der Waals surface area contributed by atoms with Gasteiger partial charge in [0.2, 0.25) is 12.7 Å². The van der Waals surface area contributed by atoms with Crippen molar-refractivity contribution in [3.05, 3.63) is 53.3 Å². The smallest absolute Gasteiger partial charge is 0.231 e. The zero-order valence-corrected chi connectivity index (χ0v) is 14.3. The molecular formula is C19H22N2O3. The number of fused-ring (bicyclic) bond motifs is 1. The Morgan fingerprint density at radius 1 is 1.25 bits per heavy atom. The van der Waals surface area contributed by atoms with E-state index in [0.29, 0.717) is 12.2 Å². The molecule has 126 valence electrons. The van der Waals surface area contributed by atoms with Gasteiger partial charge in [-0.1, -0.05) is 6.07 Å². The summed E-state index contributed by atoms with van der Waals surface area (Å²) in [4.78, 5) is 18.7. The summed E-state index contributed by atoms with van der Waals surface area (Å²) >= 11 is 0. The minimum Gasteiger partial charge on any atom is -0.454 e. The van der Waals surface area contributed by atoms with Gasteiger partial charge >= 0.3 is 0 Å². The highest BCUT2D eigenvalue weighted by molar-refractivity contribution is 5.79. The second-order valence-electron chi connectivity index (χ2n) is 6.25. The van der Waals surface area contributed by atoms with Crippen LogP contribution in [0.3, 0.4) is 0 Å². The fourth-order valence-electron chi connectivity index (χ4n) is 2.75. The van der Waals surface area contributed by atoms with Crippen molar-refractivity contribution < 1.29 is 14.3 Å². The second kappa shape index (κ2) is 6.91. The molecule has 24 heavy (non-hydrogen) atoms. The van der Waals surface area contributed by atoms with Gasteiger partial charge in [-0.25, -0.2) is 0 Å². The number of likely N-dealkylation sites (N-methyl/N-ethyl adjacent to an activating group) is 1. The second-order valence-corrected chi connectivity index (χ2v) is 6.25. The number of carbonyl (C=O) groups is 1. The third kappa shape index (κ3) is 3.67. The van der Waals surface area contributed by atoms with Gasteiger partial charge in [-0.15, -0.1) is 0 Å². The molecule has 1 aliphatic heterocycles. The first kappa shape index (κ1) is 16.3. The van der Waals surface area contributed by atoms with Crippen molar-refractivity contribution in [1.29, 1.82) is 0 Å². The van der Waals surface area contributed by atoms with Crippen LogP contribution in [0, 0.1) is 6.92 Å². The quantitative estimate of drug-likeness (QED) is 0.848. The highest BCUT2D eigenvalue weighted by Crippen LogP contribution is 2.32. The number of aromatic nitrogens is 1. The van der Waals surface area contributed by atoms with Crippen LogP contribution >= 0.6 is 0 Å². The van der Waals surface area contributed by atoms with Crippen molar-refractivity contribution in [2.75, 3.05) is 13.8 Å². The predicted octanol–water partition coefficient (Wildman–Crippen LogP) is 2.75. The van der Waals surface area contributed by atoms with Gasteiger partial charge in [0, 0.05) is 31.4 Å². The number of pyridine rings is 1. The van der Waals surface area contributed by atoms with Crippen molar-refractivity contribution in [3.63, 3.8) is 0 Å². The fraction of sp³-hybridized carbons (Fsp3) is 0.368. The summed E-state index contributed by atoms with van der Waals surface area (Å²) in [7, 11) is 1.84. The Morgan fingerprint density at radius 2 is 2.04 bits per heavy atom. The van der Waals surface area contributed by atoms with Gasteiger partial charge in [0.25, 0.3) is 0 Å². The molecule has 3 rings (SSSR count). The normalized spacial score (nSPS) is 13.6. The summed E-state index contributed by atoms with van der Waals surface area (Å²) in [6.45, 7) is 4.33. The van der Waals surface area contributed by atoms with Crippen LogP contribution in [-0.4, -0.2) is 35.7 Å². The molecule has 0 fully saturated rings. The highest BCUT2D eigenvalue weighted by Gasteiger charge is 2.19. The van der Waals surface area contributed by atoms with E-state index >= 15 is 0 Å². The zero-order chi connectivity index (χ0) is 17.1. The molecule has 1 aromatic heterocycles. The molecule has 0 N–H and O–H groups in total. The van der Waals surface area contributed by atoms with Crippen LogP contribution in [0.1, 0.15) is 23.7 Å². The third-order valence-electron chi connectivity index (χ3n) is 4.32. The van der Waals surface area contributed by atoms with Crippen LogP contribution in [0.15, 0.2) is 36.5 Å². The SMILES string of the molecule is Cc1ccnc(C[C@@H](C)N(C)C(=O)Cc2ccc3c(c2)OCO3)c1. The van der Waals surface area contributed by atoms with Gasteiger partial charge in [0.15, 0.2) is 11.5 Å². The molecule has 1 aliphatic rings. The molecule has 2 aromatic rings. The molecule has 0 spiro atoms. The van der Waals surface area contributed by atoms with E-state index in [9.17, 15) is 4.79 Å². The first-order valence-electron chi connectivity index (χ1n) is 8.08. The fourth-order valence-corrected chi connectivity index (χ4v) is 2.75. The number of carbonyl (C=O) groups excluding carboxylic acids is 1. The molecule has 0 bridgehead atoms. The lowest BCUT2D eigenvalue weighted by molar-refractivity contribution is -0.130. The lowest BCUT2D eigenvalue weighted by Gasteiger charge is -2.25. The summed E-state index contributed by atoms with van der Waals surface area (Å²) in [5.74, 6) is 1.52. The maximum absolute atomic E-state index is 12.5. The van der Waals surface area contributed by atoms with Crippen LogP contribution in [-0.2, 0) is 17.6 Å². The molecule has 1 amide bonds. The van der Waals surface area contributed by atoms with E-state index in [-0.39, 0.29) is 18.7 Å². The number of amides is 1. The molecule has 2 heterocycles. The molecule has 0 saturated carbocycles. The van der Waals surface area contributed by atoms with Crippen LogP contribution in [0.25, 0.3) is 0 Å². The predicted molar refractivity (Wildman–Crippen MR) is 91.2 cm³/mol. The van der Waals surface area contributed by atoms with Crippen LogP contribution in [0.5, 0.6) is 11.5 Å². The van der Waals surface area contributed by atoms with E-state index in [4.69, 9.17) is 9.47 Å². The molecule has 0 saturated heterocycles. The Labute approximate surface area is 142 Å². The number of rotatable bonds is 5. The summed E-state index contributed by atoms with van der Waals surface area (Å²) in [6.07, 6.45) is 2.90. The maximum Gasteiger partial charge on any atom is 0.231 e. The average Bonchev–Trinajstić information content (AvgIpc) is 3.01. The average molecular weight is 326 g/mol. The van der Waals surface area contributed by atoms with Crippen LogP contribution < -0.4 is 9.47 Å². The largest absolute Gasteiger partial charge is 0.454 e. The molecule has 1 aromatic carbocycles. The van der Waals surface area contributed by atoms with Crippen molar-refractivity contribution in [2.45, 2.75) is 32.7 Å². The minimum absolute atomic E-state index is 0.0778. The summed E-state index contributed by atoms with van der Waals surface area (Å²) < 4.78 is 10.7. The number of nitrogens with zero attached hydrogens (tertiary/aromatic N) is 2. The first-order valence-corrected chi connectivity index (χ1v) is 8.08. The van der Waals surface area contributed by atoms with E-state index in [0.717, 1.165) is 23.4 Å². The Balaban J connectivity index is 1.61. The number of aryl methyl sites for hydroxylation is 1. The summed E-state index contributed by atoms with van der Waals surface area (Å²) in [6, 6.07) is 9.76. The standard InChI is InChI=1S/C19H22N2O3/c1-13-6-7-20-16(8-13)9-14(2)21(3)19(22)11-15-4-5-17-18(10-15)24-12-23-17/h4-8,10,14H,9,11-12H2,1-3H3/t14-/m1/s1. The van der Waals surface area contributed by atoms with Crippen molar-refractivity contribution >= 4 is 5.91 Å². The first-order chi connectivity index (χ1) is 11.5.